The molecule has 0 aliphatic rings. The maximum absolute atomic E-state index is 12.9. The number of alkyl halides is 2. The second-order valence-corrected chi connectivity index (χ2v) is 4.29. The Kier molecular flexibility index (Phi) is 4.86. The summed E-state index contributed by atoms with van der Waals surface area (Å²) in [6.07, 6.45) is -1.49. The van der Waals surface area contributed by atoms with Gasteiger partial charge in [0.2, 0.25) is 0 Å². The summed E-state index contributed by atoms with van der Waals surface area (Å²) in [5, 5.41) is 12.5. The summed E-state index contributed by atoms with van der Waals surface area (Å²) in [4.78, 5) is 10.8. The number of hydrogen-bond acceptors (Lipinski definition) is 3. The fourth-order valence-corrected chi connectivity index (χ4v) is 1.89. The standard InChI is InChI=1S/C14H14F2N2O3/c15-13(16)12-11(14(19)20)9-17-18(12)7-4-8-21-10-5-2-1-3-6-10/h1-3,5-6,9,13H,4,7-8H2,(H,19,20). The molecule has 0 fully saturated rings. The molecule has 0 aliphatic heterocycles. The fraction of sp³-hybridized carbons (Fsp3) is 0.286. The van der Waals surface area contributed by atoms with Gasteiger partial charge in [0.05, 0.1) is 12.8 Å². The van der Waals surface area contributed by atoms with Crippen LogP contribution >= 0.6 is 0 Å². The molecule has 21 heavy (non-hydrogen) atoms. The number of aromatic carboxylic acids is 1. The van der Waals surface area contributed by atoms with Crippen LogP contribution < -0.4 is 4.74 Å². The monoisotopic (exact) mass is 296 g/mol. The highest BCUT2D eigenvalue weighted by Gasteiger charge is 2.23. The molecule has 7 heteroatoms. The Bertz CT molecular complexity index is 600. The second kappa shape index (κ2) is 6.83. The van der Waals surface area contributed by atoms with E-state index in [1.807, 2.05) is 18.2 Å². The average Bonchev–Trinajstić information content (AvgIpc) is 2.89. The van der Waals surface area contributed by atoms with E-state index in [0.717, 1.165) is 10.9 Å². The van der Waals surface area contributed by atoms with Gasteiger partial charge in [-0.25, -0.2) is 13.6 Å². The predicted molar refractivity (Wildman–Crippen MR) is 70.7 cm³/mol. The average molecular weight is 296 g/mol. The van der Waals surface area contributed by atoms with E-state index in [-0.39, 0.29) is 6.54 Å². The lowest BCUT2D eigenvalue weighted by molar-refractivity contribution is 0.0682. The van der Waals surface area contributed by atoms with Crippen LogP contribution in [-0.4, -0.2) is 27.5 Å². The molecule has 0 aliphatic carbocycles. The molecule has 0 saturated heterocycles. The van der Waals surface area contributed by atoms with Crippen LogP contribution in [-0.2, 0) is 6.54 Å². The van der Waals surface area contributed by atoms with Gasteiger partial charge < -0.3 is 9.84 Å². The van der Waals surface area contributed by atoms with Crippen molar-refractivity contribution in [2.45, 2.75) is 19.4 Å². The largest absolute Gasteiger partial charge is 0.494 e. The van der Waals surface area contributed by atoms with Crippen molar-refractivity contribution in [1.29, 1.82) is 0 Å². The van der Waals surface area contributed by atoms with Crippen molar-refractivity contribution in [1.82, 2.24) is 9.78 Å². The Morgan fingerprint density at radius 2 is 2.05 bits per heavy atom. The zero-order valence-electron chi connectivity index (χ0n) is 11.1. The van der Waals surface area contributed by atoms with E-state index in [9.17, 15) is 13.6 Å². The van der Waals surface area contributed by atoms with Crippen molar-refractivity contribution in [2.24, 2.45) is 0 Å². The molecule has 2 rings (SSSR count). The highest BCUT2D eigenvalue weighted by Crippen LogP contribution is 2.23. The number of carboxylic acids is 1. The van der Waals surface area contributed by atoms with Gasteiger partial charge in [0, 0.05) is 13.0 Å². The Balaban J connectivity index is 1.93. The van der Waals surface area contributed by atoms with E-state index in [1.54, 1.807) is 12.1 Å². The first kappa shape index (κ1) is 15.0. The lowest BCUT2D eigenvalue weighted by Gasteiger charge is -2.09. The Morgan fingerprint density at radius 3 is 2.67 bits per heavy atom. The van der Waals surface area contributed by atoms with Crippen LogP contribution in [0.25, 0.3) is 0 Å². The summed E-state index contributed by atoms with van der Waals surface area (Å²) in [5.74, 6) is -0.713. The van der Waals surface area contributed by atoms with E-state index in [1.165, 1.54) is 0 Å². The van der Waals surface area contributed by atoms with Gasteiger partial charge in [-0.3, -0.25) is 4.68 Å². The molecule has 0 spiro atoms. The Morgan fingerprint density at radius 1 is 1.33 bits per heavy atom. The summed E-state index contributed by atoms with van der Waals surface area (Å²) in [5.41, 5.74) is -1.03. The Labute approximate surface area is 119 Å². The van der Waals surface area contributed by atoms with Crippen molar-refractivity contribution in [2.75, 3.05) is 6.61 Å². The van der Waals surface area contributed by atoms with Gasteiger partial charge in [0.15, 0.2) is 0 Å². The number of carbonyl (C=O) groups is 1. The summed E-state index contributed by atoms with van der Waals surface area (Å²) >= 11 is 0. The molecule has 1 N–H and O–H groups in total. The topological polar surface area (TPSA) is 64.3 Å². The highest BCUT2D eigenvalue weighted by atomic mass is 19.3. The minimum Gasteiger partial charge on any atom is -0.494 e. The molecule has 0 bridgehead atoms. The van der Waals surface area contributed by atoms with Crippen molar-refractivity contribution in [3.63, 3.8) is 0 Å². The van der Waals surface area contributed by atoms with Crippen LogP contribution in [0.1, 0.15) is 28.9 Å². The molecule has 5 nitrogen and oxygen atoms in total. The van der Waals surface area contributed by atoms with Crippen LogP contribution in [0.15, 0.2) is 36.5 Å². The molecule has 0 radical (unpaired) electrons. The molecule has 0 amide bonds. The maximum Gasteiger partial charge on any atom is 0.339 e. The lowest BCUT2D eigenvalue weighted by atomic mass is 10.2. The van der Waals surface area contributed by atoms with Crippen LogP contribution in [0.5, 0.6) is 5.75 Å². The number of carboxylic acid groups (broad SMARTS) is 1. The number of halogens is 2. The van der Waals surface area contributed by atoms with Gasteiger partial charge in [0.25, 0.3) is 6.43 Å². The van der Waals surface area contributed by atoms with E-state index in [0.29, 0.717) is 18.8 Å². The van der Waals surface area contributed by atoms with Crippen LogP contribution in [0.4, 0.5) is 8.78 Å². The zero-order valence-corrected chi connectivity index (χ0v) is 11.1. The zero-order chi connectivity index (χ0) is 15.2. The third-order valence-corrected chi connectivity index (χ3v) is 2.84. The van der Waals surface area contributed by atoms with E-state index < -0.39 is 23.7 Å². The molecule has 1 aromatic carbocycles. The SMILES string of the molecule is O=C(O)c1cnn(CCCOc2ccccc2)c1C(F)F. The van der Waals surface area contributed by atoms with Crippen LogP contribution in [0, 0.1) is 0 Å². The molecular weight excluding hydrogens is 282 g/mol. The molecular formula is C14H14F2N2O3. The second-order valence-electron chi connectivity index (χ2n) is 4.29. The van der Waals surface area contributed by atoms with E-state index >= 15 is 0 Å². The summed E-state index contributed by atoms with van der Waals surface area (Å²) < 4.78 is 32.3. The minimum absolute atomic E-state index is 0.166. The van der Waals surface area contributed by atoms with Crippen molar-refractivity contribution >= 4 is 5.97 Å². The number of rotatable bonds is 7. The summed E-state index contributed by atoms with van der Waals surface area (Å²) in [7, 11) is 0. The molecule has 1 aromatic heterocycles. The van der Waals surface area contributed by atoms with Crippen molar-refractivity contribution in [3.8, 4) is 5.75 Å². The van der Waals surface area contributed by atoms with Gasteiger partial charge in [-0.2, -0.15) is 5.10 Å². The van der Waals surface area contributed by atoms with Gasteiger partial charge in [-0.05, 0) is 12.1 Å². The van der Waals surface area contributed by atoms with Crippen molar-refractivity contribution < 1.29 is 23.4 Å². The predicted octanol–water partition coefficient (Wildman–Crippen LogP) is 2.99. The first-order valence-electron chi connectivity index (χ1n) is 6.34. The number of aryl methyl sites for hydroxylation is 1. The quantitative estimate of drug-likeness (QED) is 0.798. The molecule has 0 atom stereocenters. The third-order valence-electron chi connectivity index (χ3n) is 2.84. The number of para-hydroxylation sites is 1. The summed E-state index contributed by atoms with van der Waals surface area (Å²) in [6, 6.07) is 9.11. The maximum atomic E-state index is 12.9. The normalized spacial score (nSPS) is 10.8. The highest BCUT2D eigenvalue weighted by molar-refractivity contribution is 5.88. The molecule has 112 valence electrons. The summed E-state index contributed by atoms with van der Waals surface area (Å²) in [6.45, 7) is 0.495. The van der Waals surface area contributed by atoms with E-state index in [4.69, 9.17) is 9.84 Å². The molecule has 0 saturated carbocycles. The molecule has 2 aromatic rings. The number of benzene rings is 1. The number of ether oxygens (including phenoxy) is 1. The first-order valence-corrected chi connectivity index (χ1v) is 6.34. The number of hydrogen-bond donors (Lipinski definition) is 1. The fourth-order valence-electron chi connectivity index (χ4n) is 1.89. The van der Waals surface area contributed by atoms with Gasteiger partial charge in [-0.15, -0.1) is 0 Å². The molecule has 1 heterocycles. The third kappa shape index (κ3) is 3.77. The van der Waals surface area contributed by atoms with Crippen LogP contribution in [0.3, 0.4) is 0 Å². The van der Waals surface area contributed by atoms with Gasteiger partial charge >= 0.3 is 5.97 Å². The smallest absolute Gasteiger partial charge is 0.339 e. The van der Waals surface area contributed by atoms with Gasteiger partial charge in [-0.1, -0.05) is 18.2 Å². The molecule has 0 unspecified atom stereocenters. The number of nitrogens with zero attached hydrogens (tertiary/aromatic N) is 2. The van der Waals surface area contributed by atoms with Gasteiger partial charge in [0.1, 0.15) is 17.0 Å². The first-order chi connectivity index (χ1) is 10.1. The lowest BCUT2D eigenvalue weighted by Crippen LogP contribution is -2.11. The van der Waals surface area contributed by atoms with E-state index in [2.05, 4.69) is 5.10 Å². The Hall–Kier alpha value is -2.44. The minimum atomic E-state index is -2.88. The number of aromatic nitrogens is 2. The van der Waals surface area contributed by atoms with Crippen molar-refractivity contribution in [3.05, 3.63) is 47.8 Å². The van der Waals surface area contributed by atoms with Crippen LogP contribution in [0.2, 0.25) is 0 Å².